The van der Waals surface area contributed by atoms with Gasteiger partial charge in [0.05, 0.1) is 17.2 Å². The van der Waals surface area contributed by atoms with E-state index >= 15 is 0 Å². The summed E-state index contributed by atoms with van der Waals surface area (Å²) in [4.78, 5) is 36.2. The molecular formula is C14H13NO3. The normalized spacial score (nSPS) is 16.2. The third kappa shape index (κ3) is 1.97. The fourth-order valence-corrected chi connectivity index (χ4v) is 1.94. The van der Waals surface area contributed by atoms with Crippen LogP contribution in [0.2, 0.25) is 0 Å². The first-order valence-corrected chi connectivity index (χ1v) is 5.68. The predicted molar refractivity (Wildman–Crippen MR) is 66.2 cm³/mol. The molecule has 4 nitrogen and oxygen atoms in total. The standard InChI is InChI=1S/C14H13NO3/c1-9(7-8-10(2)16)15-13(17)11-5-3-4-6-12(11)14(15)18/h3-9H,1-2H3/b8-7-. The van der Waals surface area contributed by atoms with Gasteiger partial charge < -0.3 is 0 Å². The average molecular weight is 243 g/mol. The van der Waals surface area contributed by atoms with Crippen LogP contribution in [0.3, 0.4) is 0 Å². The lowest BCUT2D eigenvalue weighted by atomic mass is 10.1. The Morgan fingerprint density at radius 2 is 1.67 bits per heavy atom. The highest BCUT2D eigenvalue weighted by Crippen LogP contribution is 2.24. The number of ketones is 1. The molecule has 1 heterocycles. The van der Waals surface area contributed by atoms with Gasteiger partial charge in [0, 0.05) is 0 Å². The molecule has 0 spiro atoms. The number of fused-ring (bicyclic) bond motifs is 1. The van der Waals surface area contributed by atoms with Crippen LogP contribution in [-0.2, 0) is 4.79 Å². The number of imide groups is 1. The highest BCUT2D eigenvalue weighted by molar-refractivity contribution is 6.21. The maximum atomic E-state index is 12.1. The molecule has 1 atom stereocenters. The molecule has 92 valence electrons. The van der Waals surface area contributed by atoms with Crippen LogP contribution >= 0.6 is 0 Å². The van der Waals surface area contributed by atoms with Crippen LogP contribution in [0.15, 0.2) is 36.4 Å². The molecule has 1 unspecified atom stereocenters. The Hall–Kier alpha value is -2.23. The van der Waals surface area contributed by atoms with Gasteiger partial charge in [0.2, 0.25) is 0 Å². The zero-order valence-electron chi connectivity index (χ0n) is 10.2. The Morgan fingerprint density at radius 1 is 1.17 bits per heavy atom. The molecule has 1 aliphatic rings. The van der Waals surface area contributed by atoms with Crippen molar-refractivity contribution in [3.8, 4) is 0 Å². The molecule has 0 N–H and O–H groups in total. The van der Waals surface area contributed by atoms with E-state index in [2.05, 4.69) is 0 Å². The molecule has 0 aromatic heterocycles. The van der Waals surface area contributed by atoms with Crippen LogP contribution < -0.4 is 0 Å². The summed E-state index contributed by atoms with van der Waals surface area (Å²) in [7, 11) is 0. The van der Waals surface area contributed by atoms with Gasteiger partial charge in [-0.05, 0) is 32.1 Å². The molecule has 1 aromatic carbocycles. The molecule has 4 heteroatoms. The lowest BCUT2D eigenvalue weighted by Gasteiger charge is -2.18. The number of carbonyl (C=O) groups excluding carboxylic acids is 3. The molecule has 0 saturated carbocycles. The Bertz CT molecular complexity index is 525. The fourth-order valence-electron chi connectivity index (χ4n) is 1.94. The van der Waals surface area contributed by atoms with Crippen molar-refractivity contribution in [3.05, 3.63) is 47.5 Å². The second-order valence-corrected chi connectivity index (χ2v) is 4.24. The number of carbonyl (C=O) groups is 3. The highest BCUT2D eigenvalue weighted by Gasteiger charge is 2.37. The van der Waals surface area contributed by atoms with Crippen molar-refractivity contribution < 1.29 is 14.4 Å². The van der Waals surface area contributed by atoms with Gasteiger partial charge in [-0.1, -0.05) is 18.2 Å². The van der Waals surface area contributed by atoms with E-state index < -0.39 is 6.04 Å². The van der Waals surface area contributed by atoms with Crippen LogP contribution in [0, 0.1) is 0 Å². The summed E-state index contributed by atoms with van der Waals surface area (Å²) < 4.78 is 0. The van der Waals surface area contributed by atoms with Gasteiger partial charge in [-0.15, -0.1) is 0 Å². The lowest BCUT2D eigenvalue weighted by Crippen LogP contribution is -2.36. The van der Waals surface area contributed by atoms with Crippen molar-refractivity contribution in [1.82, 2.24) is 4.90 Å². The summed E-state index contributed by atoms with van der Waals surface area (Å²) >= 11 is 0. The lowest BCUT2D eigenvalue weighted by molar-refractivity contribution is -0.112. The molecule has 0 radical (unpaired) electrons. The number of benzene rings is 1. The van der Waals surface area contributed by atoms with Crippen LogP contribution in [0.5, 0.6) is 0 Å². The molecule has 0 fully saturated rings. The smallest absolute Gasteiger partial charge is 0.262 e. The topological polar surface area (TPSA) is 54.5 Å². The van der Waals surface area contributed by atoms with Crippen LogP contribution in [-0.4, -0.2) is 28.5 Å². The summed E-state index contributed by atoms with van der Waals surface area (Å²) in [6.07, 6.45) is 2.93. The van der Waals surface area contributed by atoms with E-state index in [0.29, 0.717) is 11.1 Å². The zero-order valence-corrected chi connectivity index (χ0v) is 10.2. The van der Waals surface area contributed by atoms with Crippen molar-refractivity contribution in [2.45, 2.75) is 19.9 Å². The van der Waals surface area contributed by atoms with Gasteiger partial charge in [-0.2, -0.15) is 0 Å². The average Bonchev–Trinajstić information content (AvgIpc) is 2.60. The zero-order chi connectivity index (χ0) is 13.3. The van der Waals surface area contributed by atoms with Crippen molar-refractivity contribution in [2.75, 3.05) is 0 Å². The van der Waals surface area contributed by atoms with E-state index in [0.717, 1.165) is 0 Å². The van der Waals surface area contributed by atoms with Gasteiger partial charge >= 0.3 is 0 Å². The summed E-state index contributed by atoms with van der Waals surface area (Å²) in [5.41, 5.74) is 0.844. The van der Waals surface area contributed by atoms with Crippen LogP contribution in [0.4, 0.5) is 0 Å². The minimum atomic E-state index is -0.429. The molecule has 18 heavy (non-hydrogen) atoms. The molecule has 2 amide bonds. The number of amides is 2. The van der Waals surface area contributed by atoms with Crippen molar-refractivity contribution in [3.63, 3.8) is 0 Å². The highest BCUT2D eigenvalue weighted by atomic mass is 16.2. The van der Waals surface area contributed by atoms with Gasteiger partial charge in [0.15, 0.2) is 5.78 Å². The Kier molecular flexibility index (Phi) is 3.10. The van der Waals surface area contributed by atoms with Gasteiger partial charge in [0.25, 0.3) is 11.8 Å². The summed E-state index contributed by atoms with van der Waals surface area (Å²) in [6, 6.07) is 6.29. The number of allylic oxidation sites excluding steroid dienone is 1. The van der Waals surface area contributed by atoms with Gasteiger partial charge in [-0.3, -0.25) is 19.3 Å². The largest absolute Gasteiger partial charge is 0.295 e. The molecule has 1 aliphatic heterocycles. The fraction of sp³-hybridized carbons (Fsp3) is 0.214. The van der Waals surface area contributed by atoms with E-state index in [1.165, 1.54) is 17.9 Å². The second-order valence-electron chi connectivity index (χ2n) is 4.24. The number of nitrogens with zero attached hydrogens (tertiary/aromatic N) is 1. The Balaban J connectivity index is 2.31. The second kappa shape index (κ2) is 4.56. The number of hydrogen-bond donors (Lipinski definition) is 0. The van der Waals surface area contributed by atoms with Crippen LogP contribution in [0.1, 0.15) is 34.6 Å². The molecule has 0 saturated heterocycles. The van der Waals surface area contributed by atoms with E-state index in [4.69, 9.17) is 0 Å². The van der Waals surface area contributed by atoms with Crippen molar-refractivity contribution in [1.29, 1.82) is 0 Å². The molecular weight excluding hydrogens is 230 g/mol. The number of hydrogen-bond acceptors (Lipinski definition) is 3. The van der Waals surface area contributed by atoms with Gasteiger partial charge in [0.1, 0.15) is 0 Å². The first kappa shape index (κ1) is 12.2. The van der Waals surface area contributed by atoms with E-state index in [9.17, 15) is 14.4 Å². The molecule has 0 bridgehead atoms. The summed E-state index contributed by atoms with van der Waals surface area (Å²) in [5, 5.41) is 0. The van der Waals surface area contributed by atoms with Crippen molar-refractivity contribution >= 4 is 17.6 Å². The SMILES string of the molecule is CC(=O)/C=C\C(C)N1C(=O)c2ccccc2C1=O. The van der Waals surface area contributed by atoms with E-state index in [1.807, 2.05) is 0 Å². The molecule has 1 aromatic rings. The molecule has 2 rings (SSSR count). The number of rotatable bonds is 3. The Morgan fingerprint density at radius 3 is 2.11 bits per heavy atom. The minimum Gasteiger partial charge on any atom is -0.295 e. The molecule has 0 aliphatic carbocycles. The first-order chi connectivity index (χ1) is 8.52. The maximum Gasteiger partial charge on any atom is 0.262 e. The minimum absolute atomic E-state index is 0.113. The van der Waals surface area contributed by atoms with E-state index in [-0.39, 0.29) is 17.6 Å². The summed E-state index contributed by atoms with van der Waals surface area (Å²) in [6.45, 7) is 3.13. The van der Waals surface area contributed by atoms with E-state index in [1.54, 1.807) is 37.3 Å². The van der Waals surface area contributed by atoms with Crippen LogP contribution in [0.25, 0.3) is 0 Å². The monoisotopic (exact) mass is 243 g/mol. The maximum absolute atomic E-state index is 12.1. The van der Waals surface area contributed by atoms with Gasteiger partial charge in [-0.25, -0.2) is 0 Å². The third-order valence-corrected chi connectivity index (χ3v) is 2.84. The third-order valence-electron chi connectivity index (χ3n) is 2.84. The summed E-state index contributed by atoms with van der Waals surface area (Å²) in [5.74, 6) is -0.730. The first-order valence-electron chi connectivity index (χ1n) is 5.68. The predicted octanol–water partition coefficient (Wildman–Crippen LogP) is 1.82. The quantitative estimate of drug-likeness (QED) is 0.601. The Labute approximate surface area is 105 Å². The van der Waals surface area contributed by atoms with Crippen molar-refractivity contribution in [2.24, 2.45) is 0 Å².